The lowest BCUT2D eigenvalue weighted by atomic mass is 10.1. The zero-order valence-corrected chi connectivity index (χ0v) is 11.3. The Morgan fingerprint density at radius 1 is 1.47 bits per heavy atom. The van der Waals surface area contributed by atoms with E-state index in [-0.39, 0.29) is 0 Å². The second-order valence-corrected chi connectivity index (χ2v) is 4.79. The molecule has 0 aliphatic carbocycles. The van der Waals surface area contributed by atoms with Gasteiger partial charge in [-0.05, 0) is 31.9 Å². The Morgan fingerprint density at radius 3 is 2.53 bits per heavy atom. The van der Waals surface area contributed by atoms with Crippen LogP contribution in [-0.4, -0.2) is 55.8 Å². The average molecular weight is 234 g/mol. The molecule has 0 aromatic rings. The molecule has 0 aliphatic heterocycles. The van der Waals surface area contributed by atoms with Gasteiger partial charge in [0.15, 0.2) is 0 Å². The van der Waals surface area contributed by atoms with Gasteiger partial charge in [-0.15, -0.1) is 0 Å². The van der Waals surface area contributed by atoms with E-state index in [2.05, 4.69) is 25.0 Å². The largest absolute Gasteiger partial charge is 0.383 e. The Kier molecular flexibility index (Phi) is 9.60. The van der Waals surface area contributed by atoms with Gasteiger partial charge in [-0.1, -0.05) is 6.92 Å². The fourth-order valence-electron chi connectivity index (χ4n) is 1.94. The normalized spacial score (nSPS) is 15.6. The number of ether oxygens (including phenoxy) is 1. The maximum atomic E-state index is 5.83. The number of hydrogen-bond acceptors (Lipinski definition) is 4. The molecule has 0 saturated carbocycles. The summed E-state index contributed by atoms with van der Waals surface area (Å²) in [6.07, 6.45) is 3.31. The minimum atomic E-state index is 0.454. The average Bonchev–Trinajstić information content (AvgIpc) is 2.24. The molecule has 0 heterocycles. The molecule has 0 bridgehead atoms. The van der Waals surface area contributed by atoms with E-state index in [4.69, 9.17) is 10.5 Å². The maximum Gasteiger partial charge on any atom is 0.0615 e. The first-order valence-electron chi connectivity index (χ1n) is 5.64. The molecule has 0 amide bonds. The number of methoxy groups -OCH3 is 1. The predicted molar refractivity (Wildman–Crippen MR) is 69.6 cm³/mol. The van der Waals surface area contributed by atoms with E-state index < -0.39 is 0 Å². The summed E-state index contributed by atoms with van der Waals surface area (Å²) in [6, 6.07) is 0.947. The molecule has 0 radical (unpaired) electrons. The summed E-state index contributed by atoms with van der Waals surface area (Å²) in [7, 11) is 1.75. The summed E-state index contributed by atoms with van der Waals surface area (Å²) in [5.41, 5.74) is 5.83. The lowest BCUT2D eigenvalue weighted by Crippen LogP contribution is -2.47. The van der Waals surface area contributed by atoms with Gasteiger partial charge in [0.1, 0.15) is 0 Å². The van der Waals surface area contributed by atoms with Crippen molar-refractivity contribution in [1.82, 2.24) is 4.90 Å². The van der Waals surface area contributed by atoms with Gasteiger partial charge in [-0.25, -0.2) is 0 Å². The number of hydrogen-bond donors (Lipinski definition) is 1. The monoisotopic (exact) mass is 234 g/mol. The molecule has 92 valence electrons. The molecule has 2 atom stereocenters. The van der Waals surface area contributed by atoms with E-state index in [1.807, 2.05) is 11.8 Å². The molecule has 0 fully saturated rings. The van der Waals surface area contributed by atoms with Crippen LogP contribution < -0.4 is 5.73 Å². The Morgan fingerprint density at radius 2 is 2.13 bits per heavy atom. The van der Waals surface area contributed by atoms with Crippen LogP contribution in [0.1, 0.15) is 20.3 Å². The lowest BCUT2D eigenvalue weighted by Gasteiger charge is -2.34. The summed E-state index contributed by atoms with van der Waals surface area (Å²) >= 11 is 1.88. The van der Waals surface area contributed by atoms with E-state index in [0.29, 0.717) is 12.1 Å². The highest BCUT2D eigenvalue weighted by molar-refractivity contribution is 7.98. The highest BCUT2D eigenvalue weighted by atomic mass is 32.2. The Labute approximate surface area is 98.7 Å². The third-order valence-electron chi connectivity index (χ3n) is 2.74. The first kappa shape index (κ1) is 15.2. The summed E-state index contributed by atoms with van der Waals surface area (Å²) in [5, 5.41) is 0. The fourth-order valence-corrected chi connectivity index (χ4v) is 2.45. The highest BCUT2D eigenvalue weighted by Crippen LogP contribution is 2.11. The van der Waals surface area contributed by atoms with Crippen LogP contribution in [0.3, 0.4) is 0 Å². The van der Waals surface area contributed by atoms with E-state index in [1.54, 1.807) is 7.11 Å². The smallest absolute Gasteiger partial charge is 0.0615 e. The third kappa shape index (κ3) is 5.76. The van der Waals surface area contributed by atoms with E-state index in [0.717, 1.165) is 19.7 Å². The third-order valence-corrected chi connectivity index (χ3v) is 3.38. The van der Waals surface area contributed by atoms with Crippen LogP contribution in [0.15, 0.2) is 0 Å². The zero-order chi connectivity index (χ0) is 11.7. The van der Waals surface area contributed by atoms with Gasteiger partial charge >= 0.3 is 0 Å². The van der Waals surface area contributed by atoms with Crippen LogP contribution in [0.5, 0.6) is 0 Å². The van der Waals surface area contributed by atoms with Crippen molar-refractivity contribution in [3.05, 3.63) is 0 Å². The molecule has 0 rings (SSSR count). The van der Waals surface area contributed by atoms with Crippen LogP contribution in [0.2, 0.25) is 0 Å². The van der Waals surface area contributed by atoms with Crippen molar-refractivity contribution in [3.8, 4) is 0 Å². The SMILES string of the molecule is CCN(C(C)COC)C(CN)CCSC. The minimum Gasteiger partial charge on any atom is -0.383 e. The zero-order valence-electron chi connectivity index (χ0n) is 10.5. The van der Waals surface area contributed by atoms with E-state index in [1.165, 1.54) is 12.2 Å². The highest BCUT2D eigenvalue weighted by Gasteiger charge is 2.20. The molecule has 2 unspecified atom stereocenters. The van der Waals surface area contributed by atoms with Crippen molar-refractivity contribution in [2.45, 2.75) is 32.4 Å². The molecule has 0 aromatic heterocycles. The van der Waals surface area contributed by atoms with Crippen LogP contribution in [0, 0.1) is 0 Å². The second kappa shape index (κ2) is 9.46. The number of likely N-dealkylation sites (N-methyl/N-ethyl adjacent to an activating group) is 1. The van der Waals surface area contributed by atoms with Crippen LogP contribution in [-0.2, 0) is 4.74 Å². The summed E-state index contributed by atoms with van der Waals surface area (Å²) < 4.78 is 5.20. The van der Waals surface area contributed by atoms with Crippen molar-refractivity contribution in [3.63, 3.8) is 0 Å². The van der Waals surface area contributed by atoms with Crippen molar-refractivity contribution in [2.24, 2.45) is 5.73 Å². The Bertz CT molecular complexity index is 147. The topological polar surface area (TPSA) is 38.5 Å². The van der Waals surface area contributed by atoms with Gasteiger partial charge in [0, 0.05) is 25.7 Å². The summed E-state index contributed by atoms with van der Waals surface area (Å²) in [5.74, 6) is 1.18. The molecule has 4 heteroatoms. The maximum absolute atomic E-state index is 5.83. The second-order valence-electron chi connectivity index (χ2n) is 3.81. The lowest BCUT2D eigenvalue weighted by molar-refractivity contribution is 0.0744. The molecule has 15 heavy (non-hydrogen) atoms. The minimum absolute atomic E-state index is 0.454. The van der Waals surface area contributed by atoms with Gasteiger partial charge < -0.3 is 10.5 Å². The predicted octanol–water partition coefficient (Wildman–Crippen LogP) is 1.42. The van der Waals surface area contributed by atoms with Crippen molar-refractivity contribution in [1.29, 1.82) is 0 Å². The number of nitrogens with zero attached hydrogens (tertiary/aromatic N) is 1. The van der Waals surface area contributed by atoms with Gasteiger partial charge in [0.2, 0.25) is 0 Å². The van der Waals surface area contributed by atoms with Crippen molar-refractivity contribution >= 4 is 11.8 Å². The van der Waals surface area contributed by atoms with Crippen molar-refractivity contribution in [2.75, 3.05) is 38.8 Å². The quantitative estimate of drug-likeness (QED) is 0.655. The van der Waals surface area contributed by atoms with Gasteiger partial charge in [0.25, 0.3) is 0 Å². The molecule has 2 N–H and O–H groups in total. The Hall–Kier alpha value is 0.230. The van der Waals surface area contributed by atoms with Gasteiger partial charge in [-0.2, -0.15) is 11.8 Å². The molecular weight excluding hydrogens is 208 g/mol. The Balaban J connectivity index is 4.18. The van der Waals surface area contributed by atoms with E-state index >= 15 is 0 Å². The first-order chi connectivity index (χ1) is 7.21. The fraction of sp³-hybridized carbons (Fsp3) is 1.00. The molecule has 3 nitrogen and oxygen atoms in total. The molecule has 0 spiro atoms. The van der Waals surface area contributed by atoms with E-state index in [9.17, 15) is 0 Å². The molecular formula is C11H26N2OS. The van der Waals surface area contributed by atoms with Crippen LogP contribution >= 0.6 is 11.8 Å². The number of rotatable bonds is 9. The molecule has 0 aliphatic rings. The molecule has 0 aromatic carbocycles. The van der Waals surface area contributed by atoms with Gasteiger partial charge in [-0.3, -0.25) is 4.90 Å². The standard InChI is InChI=1S/C11H26N2OS/c1-5-13(10(2)9-14-3)11(8-12)6-7-15-4/h10-11H,5-9,12H2,1-4H3. The number of nitrogens with two attached hydrogens (primary N) is 1. The van der Waals surface area contributed by atoms with Crippen LogP contribution in [0.25, 0.3) is 0 Å². The van der Waals surface area contributed by atoms with Gasteiger partial charge in [0.05, 0.1) is 6.61 Å². The van der Waals surface area contributed by atoms with Crippen LogP contribution in [0.4, 0.5) is 0 Å². The first-order valence-corrected chi connectivity index (χ1v) is 7.04. The van der Waals surface area contributed by atoms with Crippen molar-refractivity contribution < 1.29 is 4.74 Å². The summed E-state index contributed by atoms with van der Waals surface area (Å²) in [6.45, 7) is 6.95. The molecule has 0 saturated heterocycles. The number of thioether (sulfide) groups is 1. The summed E-state index contributed by atoms with van der Waals surface area (Å²) in [4.78, 5) is 2.44.